The lowest BCUT2D eigenvalue weighted by atomic mass is 9.86. The number of hydrogen-bond acceptors (Lipinski definition) is 4. The number of benzene rings is 1. The van der Waals surface area contributed by atoms with E-state index < -0.39 is 0 Å². The Balaban J connectivity index is 1.16. The van der Waals surface area contributed by atoms with Gasteiger partial charge in [-0.05, 0) is 36.7 Å². The van der Waals surface area contributed by atoms with Gasteiger partial charge >= 0.3 is 0 Å². The summed E-state index contributed by atoms with van der Waals surface area (Å²) in [6.45, 7) is 7.79. The van der Waals surface area contributed by atoms with Crippen LogP contribution >= 0.6 is 0 Å². The van der Waals surface area contributed by atoms with Gasteiger partial charge < -0.3 is 9.47 Å². The highest BCUT2D eigenvalue weighted by atomic mass is 16.5. The van der Waals surface area contributed by atoms with Gasteiger partial charge in [0.05, 0.1) is 32.0 Å². The minimum Gasteiger partial charge on any atom is -0.378 e. The molecule has 4 heteroatoms. The van der Waals surface area contributed by atoms with Crippen LogP contribution < -0.4 is 0 Å². The Bertz CT molecular complexity index is 569. The van der Waals surface area contributed by atoms with Crippen LogP contribution in [0.25, 0.3) is 0 Å². The second-order valence-electron chi connectivity index (χ2n) is 8.38. The lowest BCUT2D eigenvalue weighted by Gasteiger charge is -2.44. The minimum absolute atomic E-state index is 0.316. The number of nitrogens with zero attached hydrogens (tertiary/aromatic N) is 2. The maximum atomic E-state index is 6.24. The van der Waals surface area contributed by atoms with E-state index in [1.54, 1.807) is 0 Å². The summed E-state index contributed by atoms with van der Waals surface area (Å²) < 4.78 is 11.6. The molecule has 4 fully saturated rings. The first-order chi connectivity index (χ1) is 12.4. The SMILES string of the molecule is c1ccc([C@@H]2C[C@@H]3C[C@H](N4CCN(C5COC5)CC4)C[C@@H]3CO2)cc1. The summed E-state index contributed by atoms with van der Waals surface area (Å²) in [7, 11) is 0. The van der Waals surface area contributed by atoms with E-state index in [1.165, 1.54) is 51.0 Å². The van der Waals surface area contributed by atoms with Crippen LogP contribution in [0.1, 0.15) is 30.9 Å². The summed E-state index contributed by atoms with van der Waals surface area (Å²) >= 11 is 0. The highest BCUT2D eigenvalue weighted by Gasteiger charge is 2.42. The molecule has 4 atom stereocenters. The summed E-state index contributed by atoms with van der Waals surface area (Å²) in [5, 5.41) is 0. The monoisotopic (exact) mass is 342 g/mol. The van der Waals surface area contributed by atoms with Crippen molar-refractivity contribution in [2.24, 2.45) is 11.8 Å². The van der Waals surface area contributed by atoms with Crippen LogP contribution in [0, 0.1) is 11.8 Å². The van der Waals surface area contributed by atoms with Crippen LogP contribution in [0.4, 0.5) is 0 Å². The number of fused-ring (bicyclic) bond motifs is 1. The summed E-state index contributed by atoms with van der Waals surface area (Å²) in [5.74, 6) is 1.63. The molecule has 1 aromatic rings. The maximum Gasteiger partial charge on any atom is 0.0827 e. The normalized spacial score (nSPS) is 37.6. The van der Waals surface area contributed by atoms with Crippen molar-refractivity contribution in [3.63, 3.8) is 0 Å². The number of piperazine rings is 1. The quantitative estimate of drug-likeness (QED) is 0.843. The van der Waals surface area contributed by atoms with Gasteiger partial charge in [-0.2, -0.15) is 0 Å². The molecule has 25 heavy (non-hydrogen) atoms. The Labute approximate surface area is 151 Å². The Morgan fingerprint density at radius 3 is 2.08 bits per heavy atom. The predicted octanol–water partition coefficient (Wildman–Crippen LogP) is 2.56. The summed E-state index contributed by atoms with van der Waals surface area (Å²) in [6, 6.07) is 12.3. The fourth-order valence-electron chi connectivity index (χ4n) is 5.36. The molecule has 1 aromatic carbocycles. The van der Waals surface area contributed by atoms with Gasteiger partial charge in [0.15, 0.2) is 0 Å². The lowest BCUT2D eigenvalue weighted by molar-refractivity contribution is -0.0797. The average molecular weight is 342 g/mol. The fourth-order valence-corrected chi connectivity index (χ4v) is 5.36. The van der Waals surface area contributed by atoms with Crippen molar-refractivity contribution in [2.75, 3.05) is 46.0 Å². The zero-order valence-corrected chi connectivity index (χ0v) is 15.1. The summed E-state index contributed by atoms with van der Waals surface area (Å²) in [6.07, 6.45) is 4.25. The summed E-state index contributed by atoms with van der Waals surface area (Å²) in [5.41, 5.74) is 1.36. The molecule has 1 aliphatic carbocycles. The van der Waals surface area contributed by atoms with Crippen LogP contribution in [0.2, 0.25) is 0 Å². The minimum atomic E-state index is 0.316. The largest absolute Gasteiger partial charge is 0.378 e. The van der Waals surface area contributed by atoms with Gasteiger partial charge in [0, 0.05) is 32.2 Å². The van der Waals surface area contributed by atoms with Crippen LogP contribution in [-0.4, -0.2) is 67.9 Å². The molecule has 0 bridgehead atoms. The second kappa shape index (κ2) is 6.99. The van der Waals surface area contributed by atoms with E-state index in [4.69, 9.17) is 9.47 Å². The van der Waals surface area contributed by atoms with Gasteiger partial charge in [0.1, 0.15) is 0 Å². The highest BCUT2D eigenvalue weighted by Crippen LogP contribution is 2.45. The zero-order chi connectivity index (χ0) is 16.6. The van der Waals surface area contributed by atoms with Gasteiger partial charge in [-0.1, -0.05) is 30.3 Å². The maximum absolute atomic E-state index is 6.24. The molecule has 0 unspecified atom stereocenters. The van der Waals surface area contributed by atoms with Gasteiger partial charge in [0.25, 0.3) is 0 Å². The highest BCUT2D eigenvalue weighted by molar-refractivity contribution is 5.18. The number of rotatable bonds is 3. The molecule has 1 saturated carbocycles. The third kappa shape index (κ3) is 3.25. The molecule has 5 rings (SSSR count). The van der Waals surface area contributed by atoms with Crippen molar-refractivity contribution in [3.05, 3.63) is 35.9 Å². The molecule has 0 N–H and O–H groups in total. The molecule has 0 radical (unpaired) electrons. The third-order valence-electron chi connectivity index (χ3n) is 7.02. The predicted molar refractivity (Wildman–Crippen MR) is 97.5 cm³/mol. The third-order valence-corrected chi connectivity index (χ3v) is 7.02. The molecule has 0 aromatic heterocycles. The molecule has 0 amide bonds. The van der Waals surface area contributed by atoms with E-state index in [1.807, 2.05) is 0 Å². The van der Waals surface area contributed by atoms with Gasteiger partial charge in [-0.15, -0.1) is 0 Å². The second-order valence-corrected chi connectivity index (χ2v) is 8.38. The zero-order valence-electron chi connectivity index (χ0n) is 15.1. The fraction of sp³-hybridized carbons (Fsp3) is 0.714. The standard InChI is InChI=1S/C21H30N2O2/c1-2-4-16(5-3-1)21-12-17-10-19(11-18(17)13-25-21)22-6-8-23(9-7-22)20-14-24-15-20/h1-5,17-21H,6-15H2/t17-,18+,19-,21-/m0/s1. The Hall–Kier alpha value is -0.940. The van der Waals surface area contributed by atoms with Crippen molar-refractivity contribution in [1.29, 1.82) is 0 Å². The van der Waals surface area contributed by atoms with E-state index in [2.05, 4.69) is 40.1 Å². The Morgan fingerprint density at radius 1 is 0.720 bits per heavy atom. The van der Waals surface area contributed by atoms with Crippen molar-refractivity contribution in [3.8, 4) is 0 Å². The molecular formula is C21H30N2O2. The van der Waals surface area contributed by atoms with Crippen molar-refractivity contribution < 1.29 is 9.47 Å². The van der Waals surface area contributed by atoms with Crippen LogP contribution in [0.5, 0.6) is 0 Å². The molecule has 4 aliphatic rings. The summed E-state index contributed by atoms with van der Waals surface area (Å²) in [4.78, 5) is 5.41. The van der Waals surface area contributed by atoms with Gasteiger partial charge in [-0.3, -0.25) is 9.80 Å². The number of ether oxygens (including phenoxy) is 2. The smallest absolute Gasteiger partial charge is 0.0827 e. The Kier molecular flexibility index (Phi) is 4.55. The molecule has 0 spiro atoms. The van der Waals surface area contributed by atoms with Gasteiger partial charge in [0.2, 0.25) is 0 Å². The molecule has 3 saturated heterocycles. The Morgan fingerprint density at radius 2 is 1.40 bits per heavy atom. The van der Waals surface area contributed by atoms with Crippen molar-refractivity contribution in [2.45, 2.75) is 37.5 Å². The van der Waals surface area contributed by atoms with Crippen LogP contribution in [-0.2, 0) is 9.47 Å². The first kappa shape index (κ1) is 16.2. The lowest BCUT2D eigenvalue weighted by Crippen LogP contribution is -2.57. The van der Waals surface area contributed by atoms with Crippen LogP contribution in [0.15, 0.2) is 30.3 Å². The van der Waals surface area contributed by atoms with E-state index >= 15 is 0 Å². The van der Waals surface area contributed by atoms with E-state index in [0.29, 0.717) is 12.1 Å². The number of hydrogen-bond donors (Lipinski definition) is 0. The molecule has 3 aliphatic heterocycles. The van der Waals surface area contributed by atoms with Gasteiger partial charge in [-0.25, -0.2) is 0 Å². The van der Waals surface area contributed by atoms with E-state index in [-0.39, 0.29) is 0 Å². The molecule has 3 heterocycles. The van der Waals surface area contributed by atoms with Crippen molar-refractivity contribution in [1.82, 2.24) is 9.80 Å². The van der Waals surface area contributed by atoms with E-state index in [0.717, 1.165) is 37.7 Å². The first-order valence-electron chi connectivity index (χ1n) is 10.1. The first-order valence-corrected chi connectivity index (χ1v) is 10.1. The topological polar surface area (TPSA) is 24.9 Å². The molecular weight excluding hydrogens is 312 g/mol. The average Bonchev–Trinajstić information content (AvgIpc) is 3.05. The van der Waals surface area contributed by atoms with Crippen LogP contribution in [0.3, 0.4) is 0 Å². The van der Waals surface area contributed by atoms with E-state index in [9.17, 15) is 0 Å². The van der Waals surface area contributed by atoms with Crippen molar-refractivity contribution >= 4 is 0 Å². The molecule has 136 valence electrons. The molecule has 4 nitrogen and oxygen atoms in total.